The van der Waals surface area contributed by atoms with Crippen molar-refractivity contribution >= 4 is 37.5 Å². The molecule has 2 atom stereocenters. The van der Waals surface area contributed by atoms with E-state index in [0.717, 1.165) is 34.1 Å². The van der Waals surface area contributed by atoms with Crippen LogP contribution in [-0.2, 0) is 4.74 Å². The molecule has 0 aromatic heterocycles. The van der Waals surface area contributed by atoms with Gasteiger partial charge in [0.15, 0.2) is 0 Å². The Kier molecular flexibility index (Phi) is 5.32. The number of aryl methyl sites for hydroxylation is 1. The lowest BCUT2D eigenvalue weighted by Crippen LogP contribution is -2.36. The quantitative estimate of drug-likeness (QED) is 0.771. The first-order chi connectivity index (χ1) is 8.97. The molecule has 1 N–H and O–H groups in total. The van der Waals surface area contributed by atoms with Gasteiger partial charge in [-0.2, -0.15) is 0 Å². The van der Waals surface area contributed by atoms with Crippen molar-refractivity contribution in [2.24, 2.45) is 5.92 Å². The fourth-order valence-corrected chi connectivity index (χ4v) is 4.11. The third-order valence-electron chi connectivity index (χ3n) is 3.59. The highest BCUT2D eigenvalue weighted by Gasteiger charge is 2.25. The van der Waals surface area contributed by atoms with E-state index in [2.05, 4.69) is 70.1 Å². The van der Waals surface area contributed by atoms with Crippen LogP contribution in [0.2, 0.25) is 0 Å². The van der Waals surface area contributed by atoms with E-state index in [1.54, 1.807) is 0 Å². The standard InChI is InChI=1S/C15H21Br2NO/c1-9(2)14-8-11(4-5-19-14)18-15-12(16)6-10(3)7-13(15)17/h6-7,9,11,14,18H,4-5,8H2,1-3H3. The molecule has 1 fully saturated rings. The van der Waals surface area contributed by atoms with Gasteiger partial charge in [0.2, 0.25) is 0 Å². The van der Waals surface area contributed by atoms with E-state index in [0.29, 0.717) is 18.1 Å². The largest absolute Gasteiger partial charge is 0.380 e. The summed E-state index contributed by atoms with van der Waals surface area (Å²) in [6.45, 7) is 7.40. The van der Waals surface area contributed by atoms with E-state index in [1.807, 2.05) is 0 Å². The Morgan fingerprint density at radius 3 is 2.47 bits per heavy atom. The molecule has 1 heterocycles. The molecular weight excluding hydrogens is 370 g/mol. The lowest BCUT2D eigenvalue weighted by atomic mass is 9.95. The average molecular weight is 391 g/mol. The Balaban J connectivity index is 2.09. The van der Waals surface area contributed by atoms with Crippen LogP contribution in [0.5, 0.6) is 0 Å². The molecule has 2 nitrogen and oxygen atoms in total. The molecule has 0 amide bonds. The summed E-state index contributed by atoms with van der Waals surface area (Å²) in [6, 6.07) is 4.77. The summed E-state index contributed by atoms with van der Waals surface area (Å²) in [6.07, 6.45) is 2.51. The highest BCUT2D eigenvalue weighted by molar-refractivity contribution is 9.11. The summed E-state index contributed by atoms with van der Waals surface area (Å²) in [5, 5.41) is 3.66. The van der Waals surface area contributed by atoms with Crippen molar-refractivity contribution in [3.63, 3.8) is 0 Å². The van der Waals surface area contributed by atoms with Gasteiger partial charge in [-0.3, -0.25) is 0 Å². The SMILES string of the molecule is Cc1cc(Br)c(NC2CCOC(C(C)C)C2)c(Br)c1. The van der Waals surface area contributed by atoms with E-state index in [1.165, 1.54) is 5.56 Å². The number of nitrogens with one attached hydrogen (secondary N) is 1. The van der Waals surface area contributed by atoms with Crippen LogP contribution >= 0.6 is 31.9 Å². The van der Waals surface area contributed by atoms with Crippen LogP contribution < -0.4 is 5.32 Å². The normalized spacial score (nSPS) is 23.7. The second-order valence-corrected chi connectivity index (χ2v) is 7.33. The monoisotopic (exact) mass is 389 g/mol. The van der Waals surface area contributed by atoms with E-state index < -0.39 is 0 Å². The van der Waals surface area contributed by atoms with Gasteiger partial charge in [0.1, 0.15) is 0 Å². The van der Waals surface area contributed by atoms with Gasteiger partial charge in [-0.25, -0.2) is 0 Å². The van der Waals surface area contributed by atoms with E-state index in [4.69, 9.17) is 4.74 Å². The topological polar surface area (TPSA) is 21.3 Å². The summed E-state index contributed by atoms with van der Waals surface area (Å²) >= 11 is 7.29. The smallest absolute Gasteiger partial charge is 0.0631 e. The second kappa shape index (κ2) is 6.59. The van der Waals surface area contributed by atoms with Crippen molar-refractivity contribution < 1.29 is 4.74 Å². The molecule has 0 radical (unpaired) electrons. The number of benzene rings is 1. The molecule has 1 aromatic carbocycles. The van der Waals surface area contributed by atoms with Gasteiger partial charge in [0.05, 0.1) is 11.8 Å². The molecule has 0 saturated carbocycles. The van der Waals surface area contributed by atoms with Crippen molar-refractivity contribution in [2.45, 2.75) is 45.8 Å². The predicted octanol–water partition coefficient (Wildman–Crippen LogP) is 5.14. The van der Waals surface area contributed by atoms with Crippen molar-refractivity contribution in [2.75, 3.05) is 11.9 Å². The molecule has 106 valence electrons. The highest BCUT2D eigenvalue weighted by Crippen LogP contribution is 2.34. The molecule has 1 saturated heterocycles. The van der Waals surface area contributed by atoms with Gasteiger partial charge in [-0.15, -0.1) is 0 Å². The third-order valence-corrected chi connectivity index (χ3v) is 4.84. The van der Waals surface area contributed by atoms with Crippen LogP contribution in [0, 0.1) is 12.8 Å². The van der Waals surface area contributed by atoms with Crippen LogP contribution in [0.3, 0.4) is 0 Å². The van der Waals surface area contributed by atoms with Crippen LogP contribution in [0.1, 0.15) is 32.3 Å². The molecule has 1 aromatic rings. The van der Waals surface area contributed by atoms with Gasteiger partial charge in [0, 0.05) is 21.6 Å². The summed E-state index contributed by atoms with van der Waals surface area (Å²) in [7, 11) is 0. The summed E-state index contributed by atoms with van der Waals surface area (Å²) < 4.78 is 8.06. The van der Waals surface area contributed by atoms with E-state index >= 15 is 0 Å². The van der Waals surface area contributed by atoms with Gasteiger partial charge >= 0.3 is 0 Å². The van der Waals surface area contributed by atoms with Crippen molar-refractivity contribution in [1.82, 2.24) is 0 Å². The minimum Gasteiger partial charge on any atom is -0.380 e. The Hall–Kier alpha value is -0.0600. The van der Waals surface area contributed by atoms with Gasteiger partial charge in [-0.05, 0) is 75.2 Å². The minimum absolute atomic E-state index is 0.370. The lowest BCUT2D eigenvalue weighted by molar-refractivity contribution is -0.0160. The van der Waals surface area contributed by atoms with Gasteiger partial charge < -0.3 is 10.1 Å². The Labute approximate surface area is 132 Å². The Morgan fingerprint density at radius 2 is 1.89 bits per heavy atom. The summed E-state index contributed by atoms with van der Waals surface area (Å²) in [5.74, 6) is 0.578. The maximum atomic E-state index is 5.82. The van der Waals surface area contributed by atoms with E-state index in [9.17, 15) is 0 Å². The molecule has 19 heavy (non-hydrogen) atoms. The van der Waals surface area contributed by atoms with Crippen LogP contribution in [0.15, 0.2) is 21.1 Å². The molecule has 0 aliphatic carbocycles. The molecular formula is C15H21Br2NO. The molecule has 2 unspecified atom stereocenters. The fraction of sp³-hybridized carbons (Fsp3) is 0.600. The molecule has 1 aliphatic rings. The number of anilines is 1. The Morgan fingerprint density at radius 1 is 1.26 bits per heavy atom. The number of hydrogen-bond donors (Lipinski definition) is 1. The second-order valence-electron chi connectivity index (χ2n) is 5.62. The van der Waals surface area contributed by atoms with Gasteiger partial charge in [0.25, 0.3) is 0 Å². The number of rotatable bonds is 3. The predicted molar refractivity (Wildman–Crippen MR) is 87.8 cm³/mol. The Bertz CT molecular complexity index is 425. The zero-order valence-corrected chi connectivity index (χ0v) is 14.8. The number of hydrogen-bond acceptors (Lipinski definition) is 2. The van der Waals surface area contributed by atoms with Crippen molar-refractivity contribution in [1.29, 1.82) is 0 Å². The third kappa shape index (κ3) is 3.96. The zero-order chi connectivity index (χ0) is 14.0. The number of ether oxygens (including phenoxy) is 1. The zero-order valence-electron chi connectivity index (χ0n) is 11.7. The highest BCUT2D eigenvalue weighted by atomic mass is 79.9. The molecule has 4 heteroatoms. The fourth-order valence-electron chi connectivity index (χ4n) is 2.47. The maximum absolute atomic E-state index is 5.82. The van der Waals surface area contributed by atoms with Crippen molar-refractivity contribution in [3.05, 3.63) is 26.6 Å². The van der Waals surface area contributed by atoms with E-state index in [-0.39, 0.29) is 0 Å². The average Bonchev–Trinajstić information content (AvgIpc) is 2.34. The lowest BCUT2D eigenvalue weighted by Gasteiger charge is -2.33. The minimum atomic E-state index is 0.370. The maximum Gasteiger partial charge on any atom is 0.0631 e. The first kappa shape index (κ1) is 15.3. The molecule has 0 bridgehead atoms. The van der Waals surface area contributed by atoms with Crippen LogP contribution in [0.4, 0.5) is 5.69 Å². The van der Waals surface area contributed by atoms with Crippen molar-refractivity contribution in [3.8, 4) is 0 Å². The first-order valence-corrected chi connectivity index (χ1v) is 8.39. The summed E-state index contributed by atoms with van der Waals surface area (Å²) in [5.41, 5.74) is 2.40. The van der Waals surface area contributed by atoms with Gasteiger partial charge in [-0.1, -0.05) is 13.8 Å². The molecule has 0 spiro atoms. The van der Waals surface area contributed by atoms with Crippen LogP contribution in [0.25, 0.3) is 0 Å². The first-order valence-electron chi connectivity index (χ1n) is 6.81. The summed E-state index contributed by atoms with van der Waals surface area (Å²) in [4.78, 5) is 0. The number of halogens is 2. The molecule has 2 rings (SSSR count). The molecule has 1 aliphatic heterocycles. The van der Waals surface area contributed by atoms with Crippen LogP contribution in [-0.4, -0.2) is 18.8 Å².